The molecule has 1 fully saturated rings. The topological polar surface area (TPSA) is 40.6 Å². The highest BCUT2D eigenvalue weighted by atomic mass is 16.2. The van der Waals surface area contributed by atoms with Gasteiger partial charge in [-0.3, -0.25) is 9.59 Å². The molecule has 3 rings (SSSR count). The van der Waals surface area contributed by atoms with E-state index in [1.165, 1.54) is 0 Å². The lowest BCUT2D eigenvalue weighted by atomic mass is 10.0. The summed E-state index contributed by atoms with van der Waals surface area (Å²) in [5, 5.41) is 0. The number of benzene rings is 2. The fourth-order valence-electron chi connectivity index (χ4n) is 3.06. The lowest BCUT2D eigenvalue weighted by Gasteiger charge is -2.32. The highest BCUT2D eigenvalue weighted by Gasteiger charge is 2.19. The summed E-state index contributed by atoms with van der Waals surface area (Å²) in [7, 11) is 2.06. The van der Waals surface area contributed by atoms with Crippen LogP contribution in [0, 0.1) is 0 Å². The normalized spacial score (nSPS) is 15.2. The Morgan fingerprint density at radius 1 is 0.800 bits per heavy atom. The molecule has 1 heterocycles. The van der Waals surface area contributed by atoms with Crippen molar-refractivity contribution in [2.75, 3.05) is 33.2 Å². The molecule has 0 saturated carbocycles. The molecule has 1 aliphatic rings. The Hall–Kier alpha value is -2.46. The van der Waals surface area contributed by atoms with E-state index in [1.807, 2.05) is 59.5 Å². The van der Waals surface area contributed by atoms with E-state index in [0.717, 1.165) is 37.3 Å². The summed E-state index contributed by atoms with van der Waals surface area (Å²) in [6.45, 7) is 3.33. The number of likely N-dealkylation sites (N-methyl/N-ethyl adjacent to an activating group) is 1. The molecule has 1 aliphatic heterocycles. The highest BCUT2D eigenvalue weighted by Crippen LogP contribution is 2.20. The van der Waals surface area contributed by atoms with Crippen molar-refractivity contribution < 1.29 is 9.59 Å². The Morgan fingerprint density at radius 2 is 1.40 bits per heavy atom. The minimum absolute atomic E-state index is 0.0297. The van der Waals surface area contributed by atoms with Crippen LogP contribution in [0.3, 0.4) is 0 Å². The van der Waals surface area contributed by atoms with Crippen LogP contribution in [-0.4, -0.2) is 54.7 Å². The van der Waals surface area contributed by atoms with Crippen LogP contribution in [0.25, 0.3) is 11.1 Å². The summed E-state index contributed by atoms with van der Waals surface area (Å²) >= 11 is 0. The van der Waals surface area contributed by atoms with Gasteiger partial charge in [-0.2, -0.15) is 0 Å². The summed E-state index contributed by atoms with van der Waals surface area (Å²) in [5.74, 6) is 0.115. The molecule has 0 atom stereocenters. The standard InChI is InChI=1S/C21H24N2O2/c1-22-13-15-23(16-14-22)21(25)12-11-20(24)19-9-7-18(8-10-19)17-5-3-2-4-6-17/h2-10H,11-16H2,1H3. The monoisotopic (exact) mass is 336 g/mol. The molecule has 0 spiro atoms. The van der Waals surface area contributed by atoms with E-state index < -0.39 is 0 Å². The van der Waals surface area contributed by atoms with Crippen molar-refractivity contribution in [2.24, 2.45) is 0 Å². The van der Waals surface area contributed by atoms with Gasteiger partial charge in [-0.1, -0.05) is 54.6 Å². The molecule has 4 heteroatoms. The molecule has 0 aliphatic carbocycles. The molecule has 1 amide bonds. The SMILES string of the molecule is CN1CCN(C(=O)CCC(=O)c2ccc(-c3ccccc3)cc2)CC1. The first-order valence-electron chi connectivity index (χ1n) is 8.78. The quantitative estimate of drug-likeness (QED) is 0.788. The van der Waals surface area contributed by atoms with Gasteiger partial charge >= 0.3 is 0 Å². The van der Waals surface area contributed by atoms with Crippen LogP contribution in [0.1, 0.15) is 23.2 Å². The first-order valence-corrected chi connectivity index (χ1v) is 8.78. The van der Waals surface area contributed by atoms with E-state index in [0.29, 0.717) is 12.0 Å². The van der Waals surface area contributed by atoms with E-state index in [2.05, 4.69) is 11.9 Å². The van der Waals surface area contributed by atoms with Gasteiger partial charge in [0.05, 0.1) is 0 Å². The highest BCUT2D eigenvalue weighted by molar-refractivity contribution is 5.98. The van der Waals surface area contributed by atoms with Crippen LogP contribution in [0.2, 0.25) is 0 Å². The largest absolute Gasteiger partial charge is 0.340 e. The van der Waals surface area contributed by atoms with Crippen molar-refractivity contribution in [1.82, 2.24) is 9.80 Å². The predicted octanol–water partition coefficient (Wildman–Crippen LogP) is 3.09. The number of rotatable bonds is 5. The van der Waals surface area contributed by atoms with Crippen molar-refractivity contribution in [1.29, 1.82) is 0 Å². The Kier molecular flexibility index (Phi) is 5.61. The van der Waals surface area contributed by atoms with Crippen molar-refractivity contribution in [3.63, 3.8) is 0 Å². The van der Waals surface area contributed by atoms with Crippen molar-refractivity contribution in [3.8, 4) is 11.1 Å². The number of piperazine rings is 1. The third-order valence-electron chi connectivity index (χ3n) is 4.74. The summed E-state index contributed by atoms with van der Waals surface area (Å²) in [5.41, 5.74) is 2.89. The molecular formula is C21H24N2O2. The Bertz CT molecular complexity index is 717. The summed E-state index contributed by atoms with van der Waals surface area (Å²) in [4.78, 5) is 28.7. The maximum absolute atomic E-state index is 12.4. The summed E-state index contributed by atoms with van der Waals surface area (Å²) in [6, 6.07) is 17.7. The zero-order chi connectivity index (χ0) is 17.6. The molecule has 25 heavy (non-hydrogen) atoms. The number of nitrogens with zero attached hydrogens (tertiary/aromatic N) is 2. The van der Waals surface area contributed by atoms with Crippen molar-refractivity contribution in [3.05, 3.63) is 60.2 Å². The van der Waals surface area contributed by atoms with Crippen LogP contribution in [0.5, 0.6) is 0 Å². The zero-order valence-electron chi connectivity index (χ0n) is 14.6. The van der Waals surface area contributed by atoms with E-state index in [9.17, 15) is 9.59 Å². The van der Waals surface area contributed by atoms with Gasteiger partial charge in [0.15, 0.2) is 5.78 Å². The maximum atomic E-state index is 12.4. The van der Waals surface area contributed by atoms with Gasteiger partial charge in [-0.25, -0.2) is 0 Å². The molecule has 130 valence electrons. The lowest BCUT2D eigenvalue weighted by molar-refractivity contribution is -0.132. The first-order chi connectivity index (χ1) is 12.1. The van der Waals surface area contributed by atoms with Crippen LogP contribution < -0.4 is 0 Å². The van der Waals surface area contributed by atoms with Gasteiger partial charge in [-0.15, -0.1) is 0 Å². The minimum Gasteiger partial charge on any atom is -0.340 e. The van der Waals surface area contributed by atoms with Crippen LogP contribution in [0.4, 0.5) is 0 Å². The molecule has 0 radical (unpaired) electrons. The molecule has 0 bridgehead atoms. The number of Topliss-reactive ketones (excluding diaryl/α,β-unsaturated/α-hetero) is 1. The van der Waals surface area contributed by atoms with Gasteiger partial charge < -0.3 is 9.80 Å². The molecule has 1 saturated heterocycles. The molecular weight excluding hydrogens is 312 g/mol. The van der Waals surface area contributed by atoms with Crippen molar-refractivity contribution in [2.45, 2.75) is 12.8 Å². The smallest absolute Gasteiger partial charge is 0.223 e. The molecule has 2 aromatic rings. The van der Waals surface area contributed by atoms with Gasteiger partial charge in [0.1, 0.15) is 0 Å². The third-order valence-corrected chi connectivity index (χ3v) is 4.74. The lowest BCUT2D eigenvalue weighted by Crippen LogP contribution is -2.47. The van der Waals surface area contributed by atoms with E-state index in [-0.39, 0.29) is 18.1 Å². The van der Waals surface area contributed by atoms with Crippen molar-refractivity contribution >= 4 is 11.7 Å². The number of hydrogen-bond donors (Lipinski definition) is 0. The van der Waals surface area contributed by atoms with Gasteiger partial charge in [0.25, 0.3) is 0 Å². The number of carbonyl (C=O) groups excluding carboxylic acids is 2. The number of carbonyl (C=O) groups is 2. The van der Waals surface area contributed by atoms with Crippen LogP contribution in [-0.2, 0) is 4.79 Å². The van der Waals surface area contributed by atoms with E-state index >= 15 is 0 Å². The maximum Gasteiger partial charge on any atom is 0.223 e. The van der Waals surface area contributed by atoms with E-state index in [1.54, 1.807) is 0 Å². The fourth-order valence-corrected chi connectivity index (χ4v) is 3.06. The number of amides is 1. The minimum atomic E-state index is 0.0297. The third kappa shape index (κ3) is 4.54. The molecule has 0 N–H and O–H groups in total. The molecule has 0 unspecified atom stereocenters. The van der Waals surface area contributed by atoms with Gasteiger partial charge in [0, 0.05) is 44.6 Å². The molecule has 4 nitrogen and oxygen atoms in total. The second-order valence-corrected chi connectivity index (χ2v) is 6.55. The number of ketones is 1. The Labute approximate surface area is 149 Å². The number of hydrogen-bond acceptors (Lipinski definition) is 3. The van der Waals surface area contributed by atoms with E-state index in [4.69, 9.17) is 0 Å². The second-order valence-electron chi connectivity index (χ2n) is 6.55. The zero-order valence-corrected chi connectivity index (χ0v) is 14.6. The predicted molar refractivity (Wildman–Crippen MR) is 99.5 cm³/mol. The molecule has 0 aromatic heterocycles. The second kappa shape index (κ2) is 8.08. The first kappa shape index (κ1) is 17.4. The average molecular weight is 336 g/mol. The van der Waals surface area contributed by atoms with Gasteiger partial charge in [-0.05, 0) is 18.2 Å². The summed E-state index contributed by atoms with van der Waals surface area (Å²) < 4.78 is 0. The average Bonchev–Trinajstić information content (AvgIpc) is 2.67. The molecule has 2 aromatic carbocycles. The fraction of sp³-hybridized carbons (Fsp3) is 0.333. The summed E-state index contributed by atoms with van der Waals surface area (Å²) in [6.07, 6.45) is 0.568. The Morgan fingerprint density at radius 3 is 2.04 bits per heavy atom. The Balaban J connectivity index is 1.54. The van der Waals surface area contributed by atoms with Crippen LogP contribution >= 0.6 is 0 Å². The van der Waals surface area contributed by atoms with Gasteiger partial charge in [0.2, 0.25) is 5.91 Å². The van der Waals surface area contributed by atoms with Crippen LogP contribution in [0.15, 0.2) is 54.6 Å².